The van der Waals surface area contributed by atoms with Crippen molar-refractivity contribution in [2.45, 2.75) is 38.6 Å². The predicted octanol–water partition coefficient (Wildman–Crippen LogP) is 3.93. The molecule has 0 saturated heterocycles. The second-order valence-electron chi connectivity index (χ2n) is 5.46. The molecule has 0 aliphatic carbocycles. The van der Waals surface area contributed by atoms with Gasteiger partial charge in [0.15, 0.2) is 5.16 Å². The lowest BCUT2D eigenvalue weighted by Crippen LogP contribution is -2.05. The normalized spacial score (nSPS) is 11.6. The summed E-state index contributed by atoms with van der Waals surface area (Å²) in [6.07, 6.45) is 1.74. The van der Waals surface area contributed by atoms with Crippen LogP contribution < -0.4 is 9.47 Å². The van der Waals surface area contributed by atoms with Gasteiger partial charge in [0.1, 0.15) is 11.5 Å². The minimum absolute atomic E-state index is 0.277. The van der Waals surface area contributed by atoms with Gasteiger partial charge in [0.05, 0.1) is 47.5 Å². The number of fused-ring (bicyclic) bond motifs is 1. The highest BCUT2D eigenvalue weighted by Crippen LogP contribution is 2.26. The first kappa shape index (κ1) is 19.9. The van der Waals surface area contributed by atoms with Gasteiger partial charge in [-0.25, -0.2) is 4.98 Å². The highest BCUT2D eigenvalue weighted by Gasteiger charge is 2.16. The molecular formula is C19H25N3O3S. The van der Waals surface area contributed by atoms with Crippen molar-refractivity contribution < 1.29 is 13.7 Å². The maximum absolute atomic E-state index is 12.7. The van der Waals surface area contributed by atoms with E-state index in [1.165, 1.54) is 0 Å². The third-order valence-electron chi connectivity index (χ3n) is 3.90. The van der Waals surface area contributed by atoms with Gasteiger partial charge in [-0.2, -0.15) is 0 Å². The summed E-state index contributed by atoms with van der Waals surface area (Å²) in [6.45, 7) is 7.86. The Hall–Kier alpha value is -2.41. The van der Waals surface area contributed by atoms with E-state index in [1.54, 1.807) is 20.4 Å². The number of ether oxygens (including phenoxy) is 2. The predicted molar refractivity (Wildman–Crippen MR) is 104 cm³/mol. The van der Waals surface area contributed by atoms with Crippen LogP contribution in [0.2, 0.25) is 0 Å². The number of benzene rings is 1. The highest BCUT2D eigenvalue weighted by molar-refractivity contribution is 7.84. The first-order valence-electron chi connectivity index (χ1n) is 8.44. The van der Waals surface area contributed by atoms with Crippen molar-refractivity contribution in [2.24, 2.45) is 0 Å². The molecule has 0 fully saturated rings. The van der Waals surface area contributed by atoms with E-state index in [9.17, 15) is 4.21 Å². The number of pyridine rings is 1. The number of nitrogens with zero attached hydrogens (tertiary/aromatic N) is 2. The number of hydrogen-bond acceptors (Lipinski definition) is 5. The molecule has 1 unspecified atom stereocenters. The zero-order chi connectivity index (χ0) is 19.3. The molecule has 7 heteroatoms. The van der Waals surface area contributed by atoms with E-state index in [0.29, 0.717) is 5.16 Å². The molecule has 0 bridgehead atoms. The lowest BCUT2D eigenvalue weighted by molar-refractivity contribution is 0.407. The van der Waals surface area contributed by atoms with Gasteiger partial charge in [-0.3, -0.25) is 9.19 Å². The molecule has 3 rings (SSSR count). The van der Waals surface area contributed by atoms with E-state index in [4.69, 9.17) is 9.47 Å². The Labute approximate surface area is 156 Å². The first-order valence-corrected chi connectivity index (χ1v) is 9.76. The molecule has 2 aromatic heterocycles. The van der Waals surface area contributed by atoms with Gasteiger partial charge in [0, 0.05) is 23.4 Å². The molecule has 140 valence electrons. The molecule has 3 aromatic rings. The topological polar surface area (TPSA) is 77.1 Å². The summed E-state index contributed by atoms with van der Waals surface area (Å²) >= 11 is 0. The number of aryl methyl sites for hydroxylation is 1. The van der Waals surface area contributed by atoms with E-state index in [2.05, 4.69) is 15.0 Å². The third kappa shape index (κ3) is 4.04. The van der Waals surface area contributed by atoms with Crippen LogP contribution in [0.5, 0.6) is 11.5 Å². The molecule has 6 nitrogen and oxygen atoms in total. The molecule has 26 heavy (non-hydrogen) atoms. The first-order chi connectivity index (χ1) is 12.5. The zero-order valence-corrected chi connectivity index (χ0v) is 16.9. The van der Waals surface area contributed by atoms with Gasteiger partial charge in [-0.05, 0) is 26.0 Å². The third-order valence-corrected chi connectivity index (χ3v) is 5.06. The van der Waals surface area contributed by atoms with Crippen LogP contribution in [-0.2, 0) is 16.6 Å². The Morgan fingerprint density at radius 1 is 1.15 bits per heavy atom. The molecule has 0 radical (unpaired) electrons. The average molecular weight is 375 g/mol. The number of aromatic amines is 1. The van der Waals surface area contributed by atoms with Gasteiger partial charge >= 0.3 is 0 Å². The summed E-state index contributed by atoms with van der Waals surface area (Å²) in [4.78, 5) is 11.9. The van der Waals surface area contributed by atoms with Crippen LogP contribution in [0, 0.1) is 13.8 Å². The summed E-state index contributed by atoms with van der Waals surface area (Å²) in [5.41, 5.74) is 4.16. The molecule has 0 aliphatic heterocycles. The summed E-state index contributed by atoms with van der Waals surface area (Å²) in [6, 6.07) is 5.50. The lowest BCUT2D eigenvalue weighted by atomic mass is 10.1. The molecule has 0 saturated carbocycles. The molecule has 0 amide bonds. The molecule has 0 spiro atoms. The van der Waals surface area contributed by atoms with E-state index >= 15 is 0 Å². The molecule has 2 heterocycles. The van der Waals surface area contributed by atoms with Crippen molar-refractivity contribution in [3.63, 3.8) is 0 Å². The van der Waals surface area contributed by atoms with Crippen LogP contribution in [0.3, 0.4) is 0 Å². The smallest absolute Gasteiger partial charge is 0.197 e. The maximum atomic E-state index is 12.7. The Balaban J connectivity index is 0.00000117. The fraction of sp³-hybridized carbons (Fsp3) is 0.368. The van der Waals surface area contributed by atoms with Crippen molar-refractivity contribution in [2.75, 3.05) is 14.2 Å². The average Bonchev–Trinajstić information content (AvgIpc) is 3.09. The van der Waals surface area contributed by atoms with Crippen LogP contribution in [0.4, 0.5) is 0 Å². The van der Waals surface area contributed by atoms with Crippen molar-refractivity contribution in [3.8, 4) is 11.5 Å². The van der Waals surface area contributed by atoms with E-state index < -0.39 is 10.8 Å². The van der Waals surface area contributed by atoms with Gasteiger partial charge in [-0.1, -0.05) is 13.8 Å². The number of methoxy groups -OCH3 is 2. The number of nitrogens with one attached hydrogen (secondary N) is 1. The van der Waals surface area contributed by atoms with Crippen molar-refractivity contribution in [1.29, 1.82) is 0 Å². The Morgan fingerprint density at radius 2 is 1.88 bits per heavy atom. The Bertz CT molecular complexity index is 922. The summed E-state index contributed by atoms with van der Waals surface area (Å²) in [5.74, 6) is 1.79. The highest BCUT2D eigenvalue weighted by atomic mass is 32.2. The largest absolute Gasteiger partial charge is 0.497 e. The Kier molecular flexibility index (Phi) is 6.74. The SMILES string of the molecule is CC.COc1ccc2nc(S(=O)Cc3ncc(C)c(OC)c3C)[nH]c2c1. The van der Waals surface area contributed by atoms with Crippen molar-refractivity contribution in [1.82, 2.24) is 15.0 Å². The molecule has 1 atom stereocenters. The van der Waals surface area contributed by atoms with Gasteiger partial charge in [0.25, 0.3) is 0 Å². The summed E-state index contributed by atoms with van der Waals surface area (Å²) in [5, 5.41) is 0.430. The maximum Gasteiger partial charge on any atom is 0.197 e. The summed E-state index contributed by atoms with van der Waals surface area (Å²) < 4.78 is 23.3. The van der Waals surface area contributed by atoms with Crippen LogP contribution in [0.15, 0.2) is 29.6 Å². The zero-order valence-electron chi connectivity index (χ0n) is 16.0. The fourth-order valence-corrected chi connectivity index (χ4v) is 3.71. The number of imidazole rings is 1. The standard InChI is InChI=1S/C17H19N3O3S.C2H6/c1-10-8-18-15(11(2)16(10)23-4)9-24(21)17-19-13-6-5-12(22-3)7-14(13)20-17;1-2/h5-8H,9H2,1-4H3,(H,19,20);1-2H3. The monoisotopic (exact) mass is 375 g/mol. The van der Waals surface area contributed by atoms with Crippen molar-refractivity contribution >= 4 is 21.8 Å². The van der Waals surface area contributed by atoms with E-state index in [1.807, 2.05) is 45.9 Å². The Morgan fingerprint density at radius 3 is 2.54 bits per heavy atom. The lowest BCUT2D eigenvalue weighted by Gasteiger charge is -2.11. The second kappa shape index (κ2) is 8.80. The van der Waals surface area contributed by atoms with Gasteiger partial charge in [-0.15, -0.1) is 0 Å². The number of rotatable bonds is 5. The van der Waals surface area contributed by atoms with Gasteiger partial charge < -0.3 is 14.5 Å². The number of hydrogen-bond donors (Lipinski definition) is 1. The molecule has 1 aromatic carbocycles. The van der Waals surface area contributed by atoms with Crippen LogP contribution in [0.25, 0.3) is 11.0 Å². The van der Waals surface area contributed by atoms with Crippen LogP contribution in [0.1, 0.15) is 30.7 Å². The minimum Gasteiger partial charge on any atom is -0.497 e. The molecule has 1 N–H and O–H groups in total. The fourth-order valence-electron chi connectivity index (χ4n) is 2.61. The van der Waals surface area contributed by atoms with E-state index in [-0.39, 0.29) is 5.75 Å². The molecular weight excluding hydrogens is 350 g/mol. The second-order valence-corrected chi connectivity index (χ2v) is 6.83. The van der Waals surface area contributed by atoms with Crippen LogP contribution in [-0.4, -0.2) is 33.4 Å². The van der Waals surface area contributed by atoms with Crippen LogP contribution >= 0.6 is 0 Å². The molecule has 0 aliphatic rings. The van der Waals surface area contributed by atoms with Gasteiger partial charge in [0.2, 0.25) is 0 Å². The van der Waals surface area contributed by atoms with E-state index in [0.717, 1.165) is 39.4 Å². The summed E-state index contributed by atoms with van der Waals surface area (Å²) in [7, 11) is 1.91. The minimum atomic E-state index is -1.33. The number of aromatic nitrogens is 3. The quantitative estimate of drug-likeness (QED) is 0.731. The number of H-pyrrole nitrogens is 1. The van der Waals surface area contributed by atoms with Crippen molar-refractivity contribution in [3.05, 3.63) is 41.2 Å².